The Kier molecular flexibility index (Phi) is 8.36. The van der Waals surface area contributed by atoms with Gasteiger partial charge in [-0.2, -0.15) is 0 Å². The van der Waals surface area contributed by atoms with E-state index in [4.69, 9.17) is 4.74 Å². The number of likely N-dealkylation sites (tertiary alicyclic amines) is 1. The number of carbonyl (C=O) groups is 2. The molecule has 0 radical (unpaired) electrons. The summed E-state index contributed by atoms with van der Waals surface area (Å²) in [6, 6.07) is 8.26. The number of hydrogen-bond donors (Lipinski definition) is 2. The highest BCUT2D eigenvalue weighted by atomic mass is 16.5. The molecule has 2 heterocycles. The van der Waals surface area contributed by atoms with E-state index >= 15 is 0 Å². The molecule has 1 saturated heterocycles. The highest BCUT2D eigenvalue weighted by Gasteiger charge is 2.28. The number of benzene rings is 2. The van der Waals surface area contributed by atoms with Gasteiger partial charge in [0, 0.05) is 39.3 Å². The molecule has 0 aromatic heterocycles. The maximum absolute atomic E-state index is 13.3. The van der Waals surface area contributed by atoms with Crippen molar-refractivity contribution >= 4 is 11.8 Å². The number of amides is 2. The fourth-order valence-corrected chi connectivity index (χ4v) is 5.00. The van der Waals surface area contributed by atoms with Crippen LogP contribution in [0.2, 0.25) is 0 Å². The molecule has 2 aromatic carbocycles. The van der Waals surface area contributed by atoms with Crippen LogP contribution in [0.4, 0.5) is 0 Å². The molecule has 0 aliphatic carbocycles. The number of nitrogens with zero attached hydrogens (tertiary/aromatic N) is 3. The molecule has 2 aromatic rings. The Labute approximate surface area is 213 Å². The molecule has 0 unspecified atom stereocenters. The van der Waals surface area contributed by atoms with Gasteiger partial charge in [-0.25, -0.2) is 0 Å². The second kappa shape index (κ2) is 11.6. The first-order valence-corrected chi connectivity index (χ1v) is 12.9. The average Bonchev–Trinajstić information content (AvgIpc) is 3.30. The van der Waals surface area contributed by atoms with Crippen LogP contribution in [0.25, 0.3) is 0 Å². The molecule has 36 heavy (non-hydrogen) atoms. The van der Waals surface area contributed by atoms with Crippen LogP contribution in [0.1, 0.15) is 70.9 Å². The number of rotatable bonds is 9. The van der Waals surface area contributed by atoms with Crippen LogP contribution in [-0.2, 0) is 13.1 Å². The zero-order valence-electron chi connectivity index (χ0n) is 21.3. The normalized spacial score (nSPS) is 15.6. The number of fused-ring (bicyclic) bond motifs is 1. The molecule has 2 N–H and O–H groups in total. The number of aromatic hydroxyl groups is 2. The van der Waals surface area contributed by atoms with Crippen molar-refractivity contribution in [3.8, 4) is 17.2 Å². The van der Waals surface area contributed by atoms with Gasteiger partial charge < -0.3 is 29.6 Å². The zero-order valence-corrected chi connectivity index (χ0v) is 21.3. The maximum atomic E-state index is 13.3. The summed E-state index contributed by atoms with van der Waals surface area (Å²) in [6.07, 6.45) is 5.66. The van der Waals surface area contributed by atoms with Gasteiger partial charge in [0.25, 0.3) is 11.8 Å². The van der Waals surface area contributed by atoms with Crippen LogP contribution in [0, 0.1) is 0 Å². The van der Waals surface area contributed by atoms with Crippen molar-refractivity contribution in [1.82, 2.24) is 14.7 Å². The summed E-state index contributed by atoms with van der Waals surface area (Å²) in [6.45, 7) is 7.35. The Bertz CT molecular complexity index is 1100. The summed E-state index contributed by atoms with van der Waals surface area (Å²) >= 11 is 0. The minimum absolute atomic E-state index is 0.00282. The molecule has 1 fully saturated rings. The van der Waals surface area contributed by atoms with E-state index in [1.54, 1.807) is 11.9 Å². The highest BCUT2D eigenvalue weighted by Crippen LogP contribution is 2.33. The number of phenols is 2. The summed E-state index contributed by atoms with van der Waals surface area (Å²) in [5.41, 5.74) is 2.04. The van der Waals surface area contributed by atoms with Gasteiger partial charge in [0.15, 0.2) is 0 Å². The Morgan fingerprint density at radius 3 is 2.44 bits per heavy atom. The third-order valence-corrected chi connectivity index (χ3v) is 7.00. The first kappa shape index (κ1) is 25.8. The SMILES string of the molecule is CCCN(C)C(=O)c1cc(C(=O)N2Cc3ccc(OCCCN4CCCCC4)cc3C2)c(O)cc1O. The van der Waals surface area contributed by atoms with Crippen molar-refractivity contribution in [3.05, 3.63) is 52.6 Å². The predicted molar refractivity (Wildman–Crippen MR) is 137 cm³/mol. The van der Waals surface area contributed by atoms with Gasteiger partial charge in [-0.15, -0.1) is 0 Å². The summed E-state index contributed by atoms with van der Waals surface area (Å²) in [5.74, 6) is -0.680. The number of piperidine rings is 1. The molecule has 194 valence electrons. The Morgan fingerprint density at radius 2 is 1.69 bits per heavy atom. The lowest BCUT2D eigenvalue weighted by molar-refractivity contribution is 0.0748. The number of hydrogen-bond acceptors (Lipinski definition) is 6. The molecule has 2 aliphatic heterocycles. The standard InChI is InChI=1S/C28H37N3O5/c1-3-10-29(2)27(34)23-16-24(26(33)17-25(23)32)28(35)31-18-20-8-9-22(15-21(20)19-31)36-14-7-13-30-11-5-4-6-12-30/h8-9,15-17,32-33H,3-7,10-14,18-19H2,1-2H3. The van der Waals surface area contributed by atoms with Crippen molar-refractivity contribution in [1.29, 1.82) is 0 Å². The first-order chi connectivity index (χ1) is 17.4. The third kappa shape index (κ3) is 5.93. The van der Waals surface area contributed by atoms with Gasteiger partial charge in [0.05, 0.1) is 17.7 Å². The summed E-state index contributed by atoms with van der Waals surface area (Å²) in [7, 11) is 1.64. The second-order valence-corrected chi connectivity index (χ2v) is 9.81. The van der Waals surface area contributed by atoms with E-state index in [0.717, 1.165) is 42.3 Å². The fourth-order valence-electron chi connectivity index (χ4n) is 5.00. The van der Waals surface area contributed by atoms with Crippen molar-refractivity contribution in [3.63, 3.8) is 0 Å². The smallest absolute Gasteiger partial charge is 0.258 e. The quantitative estimate of drug-likeness (QED) is 0.511. The largest absolute Gasteiger partial charge is 0.507 e. The summed E-state index contributed by atoms with van der Waals surface area (Å²) in [4.78, 5) is 31.6. The fraction of sp³-hybridized carbons (Fsp3) is 0.500. The van der Waals surface area contributed by atoms with E-state index in [-0.39, 0.29) is 28.5 Å². The number of carbonyl (C=O) groups excluding carboxylic acids is 2. The topological polar surface area (TPSA) is 93.6 Å². The van der Waals surface area contributed by atoms with Crippen LogP contribution in [0.15, 0.2) is 30.3 Å². The molecule has 0 bridgehead atoms. The molecule has 8 heteroatoms. The second-order valence-electron chi connectivity index (χ2n) is 9.81. The van der Waals surface area contributed by atoms with E-state index in [9.17, 15) is 19.8 Å². The van der Waals surface area contributed by atoms with E-state index in [0.29, 0.717) is 26.2 Å². The molecule has 0 saturated carbocycles. The number of phenolic OH excluding ortho intramolecular Hbond substituents is 2. The molecule has 8 nitrogen and oxygen atoms in total. The molecule has 0 spiro atoms. The third-order valence-electron chi connectivity index (χ3n) is 7.00. The van der Waals surface area contributed by atoms with Crippen LogP contribution in [0.5, 0.6) is 17.2 Å². The lowest BCUT2D eigenvalue weighted by Gasteiger charge is -2.26. The Hall–Kier alpha value is -3.26. The maximum Gasteiger partial charge on any atom is 0.258 e. The average molecular weight is 496 g/mol. The summed E-state index contributed by atoms with van der Waals surface area (Å²) < 4.78 is 5.98. The van der Waals surface area contributed by atoms with Crippen LogP contribution in [-0.4, -0.2) is 76.6 Å². The molecule has 4 rings (SSSR count). The van der Waals surface area contributed by atoms with Gasteiger partial charge in [0.2, 0.25) is 0 Å². The van der Waals surface area contributed by atoms with Gasteiger partial charge in [0.1, 0.15) is 17.2 Å². The van der Waals surface area contributed by atoms with E-state index in [1.807, 2.05) is 25.1 Å². The van der Waals surface area contributed by atoms with Crippen LogP contribution >= 0.6 is 0 Å². The first-order valence-electron chi connectivity index (χ1n) is 12.9. The highest BCUT2D eigenvalue weighted by molar-refractivity contribution is 6.03. The van der Waals surface area contributed by atoms with Gasteiger partial charge in [-0.3, -0.25) is 9.59 Å². The van der Waals surface area contributed by atoms with Gasteiger partial charge in [-0.05, 0) is 68.1 Å². The van der Waals surface area contributed by atoms with Crippen molar-refractivity contribution in [2.45, 2.75) is 52.1 Å². The monoisotopic (exact) mass is 495 g/mol. The van der Waals surface area contributed by atoms with Gasteiger partial charge in [-0.1, -0.05) is 19.4 Å². The van der Waals surface area contributed by atoms with Crippen LogP contribution < -0.4 is 4.74 Å². The van der Waals surface area contributed by atoms with E-state index in [1.165, 1.54) is 43.3 Å². The predicted octanol–water partition coefficient (Wildman–Crippen LogP) is 3.99. The Morgan fingerprint density at radius 1 is 0.972 bits per heavy atom. The van der Waals surface area contributed by atoms with Crippen molar-refractivity contribution in [2.24, 2.45) is 0 Å². The van der Waals surface area contributed by atoms with Crippen molar-refractivity contribution < 1.29 is 24.5 Å². The molecule has 0 atom stereocenters. The lowest BCUT2D eigenvalue weighted by atomic mass is 10.1. The minimum atomic E-state index is -0.393. The molecular formula is C28H37N3O5. The Balaban J connectivity index is 1.38. The number of ether oxygens (including phenoxy) is 1. The minimum Gasteiger partial charge on any atom is -0.507 e. The lowest BCUT2D eigenvalue weighted by Crippen LogP contribution is -2.31. The van der Waals surface area contributed by atoms with Gasteiger partial charge >= 0.3 is 0 Å². The van der Waals surface area contributed by atoms with E-state index in [2.05, 4.69) is 4.90 Å². The van der Waals surface area contributed by atoms with E-state index < -0.39 is 5.91 Å². The summed E-state index contributed by atoms with van der Waals surface area (Å²) in [5, 5.41) is 20.6. The zero-order chi connectivity index (χ0) is 25.7. The molecular weight excluding hydrogens is 458 g/mol. The molecule has 2 aliphatic rings. The van der Waals surface area contributed by atoms with Crippen molar-refractivity contribution in [2.75, 3.05) is 39.8 Å². The molecule has 2 amide bonds. The van der Waals surface area contributed by atoms with Crippen LogP contribution in [0.3, 0.4) is 0 Å².